The average molecular weight is 159 g/mol. The Bertz CT molecular complexity index is 138. The van der Waals surface area contributed by atoms with Crippen LogP contribution < -0.4 is 5.32 Å². The molecular formula is C8H14FNO. The minimum absolute atomic E-state index is 0.0829. The molecule has 1 saturated heterocycles. The van der Waals surface area contributed by atoms with E-state index >= 15 is 0 Å². The van der Waals surface area contributed by atoms with Crippen molar-refractivity contribution in [1.29, 1.82) is 0 Å². The molecule has 0 saturated carbocycles. The highest BCUT2D eigenvalue weighted by Gasteiger charge is 2.20. The number of alkyl halides is 1. The molecule has 0 aromatic rings. The highest BCUT2D eigenvalue weighted by atomic mass is 19.1. The summed E-state index contributed by atoms with van der Waals surface area (Å²) >= 11 is 0. The first-order valence-corrected chi connectivity index (χ1v) is 4.14. The molecule has 1 atom stereocenters. The maximum absolute atomic E-state index is 11.7. The second-order valence-electron chi connectivity index (χ2n) is 2.95. The van der Waals surface area contributed by atoms with Gasteiger partial charge in [-0.25, -0.2) is 0 Å². The van der Waals surface area contributed by atoms with E-state index in [1.807, 2.05) is 0 Å². The first-order chi connectivity index (χ1) is 5.34. The number of carbonyl (C=O) groups is 1. The number of ketones is 1. The van der Waals surface area contributed by atoms with Gasteiger partial charge in [-0.1, -0.05) is 0 Å². The zero-order chi connectivity index (χ0) is 8.10. The van der Waals surface area contributed by atoms with E-state index in [1.54, 1.807) is 0 Å². The van der Waals surface area contributed by atoms with E-state index in [4.69, 9.17) is 0 Å². The lowest BCUT2D eigenvalue weighted by Gasteiger charge is -2.20. The predicted octanol–water partition coefficient (Wildman–Crippen LogP) is 0.915. The molecule has 1 aliphatic rings. The largest absolute Gasteiger partial charge is 0.316 e. The molecule has 1 N–H and O–H groups in total. The normalized spacial score (nSPS) is 25.5. The van der Waals surface area contributed by atoms with E-state index in [1.165, 1.54) is 0 Å². The Hall–Kier alpha value is -0.440. The third-order valence-corrected chi connectivity index (χ3v) is 2.08. The molecule has 0 aromatic heterocycles. The summed E-state index contributed by atoms with van der Waals surface area (Å²) in [6.45, 7) is 1.24. The Labute approximate surface area is 66.2 Å². The maximum Gasteiger partial charge on any atom is 0.138 e. The number of halogens is 1. The van der Waals surface area contributed by atoms with Crippen LogP contribution in [0.4, 0.5) is 4.39 Å². The Kier molecular flexibility index (Phi) is 3.49. The first kappa shape index (κ1) is 8.65. The van der Waals surface area contributed by atoms with Crippen molar-refractivity contribution < 1.29 is 9.18 Å². The van der Waals surface area contributed by atoms with Crippen molar-refractivity contribution in [1.82, 2.24) is 5.32 Å². The Morgan fingerprint density at radius 2 is 2.45 bits per heavy atom. The molecule has 1 aliphatic heterocycles. The van der Waals surface area contributed by atoms with Crippen LogP contribution in [0.15, 0.2) is 0 Å². The second-order valence-corrected chi connectivity index (χ2v) is 2.95. The van der Waals surface area contributed by atoms with Gasteiger partial charge in [0.15, 0.2) is 0 Å². The number of carbonyl (C=O) groups excluding carboxylic acids is 1. The molecule has 1 rings (SSSR count). The Morgan fingerprint density at radius 1 is 1.64 bits per heavy atom. The highest BCUT2D eigenvalue weighted by molar-refractivity contribution is 5.82. The van der Waals surface area contributed by atoms with E-state index in [9.17, 15) is 9.18 Å². The van der Waals surface area contributed by atoms with Crippen molar-refractivity contribution in [3.8, 4) is 0 Å². The van der Waals surface area contributed by atoms with Crippen LogP contribution in [0.5, 0.6) is 0 Å². The molecule has 0 amide bonds. The summed E-state index contributed by atoms with van der Waals surface area (Å²) in [6.07, 6.45) is 1.86. The summed E-state index contributed by atoms with van der Waals surface area (Å²) in [5.41, 5.74) is 0. The number of rotatable bonds is 3. The summed E-state index contributed by atoms with van der Waals surface area (Å²) in [7, 11) is 0. The van der Waals surface area contributed by atoms with Crippen molar-refractivity contribution in [2.45, 2.75) is 19.3 Å². The van der Waals surface area contributed by atoms with Crippen LogP contribution in [0.25, 0.3) is 0 Å². The summed E-state index contributed by atoms with van der Waals surface area (Å²) in [5.74, 6) is 0.386. The lowest BCUT2D eigenvalue weighted by molar-refractivity contribution is -0.124. The molecule has 2 nitrogen and oxygen atoms in total. The molecule has 1 heterocycles. The van der Waals surface area contributed by atoms with Crippen LogP contribution in [0.3, 0.4) is 0 Å². The fourth-order valence-corrected chi connectivity index (χ4v) is 1.39. The molecular weight excluding hydrogens is 145 g/mol. The van der Waals surface area contributed by atoms with Gasteiger partial charge >= 0.3 is 0 Å². The van der Waals surface area contributed by atoms with Crippen LogP contribution in [0.1, 0.15) is 19.3 Å². The fraction of sp³-hybridized carbons (Fsp3) is 0.875. The molecule has 3 heteroatoms. The average Bonchev–Trinajstić information content (AvgIpc) is 2.03. The van der Waals surface area contributed by atoms with Gasteiger partial charge in [-0.05, 0) is 12.8 Å². The van der Waals surface area contributed by atoms with Crippen molar-refractivity contribution >= 4 is 5.78 Å². The van der Waals surface area contributed by atoms with Crippen molar-refractivity contribution in [2.75, 3.05) is 19.8 Å². The minimum atomic E-state index is -0.302. The quantitative estimate of drug-likeness (QED) is 0.663. The first-order valence-electron chi connectivity index (χ1n) is 4.14. The molecule has 0 radical (unpaired) electrons. The SMILES string of the molecule is O=C1CCNCC1CCCF. The van der Waals surface area contributed by atoms with Crippen LogP contribution in [-0.2, 0) is 4.79 Å². The number of piperidine rings is 1. The predicted molar refractivity (Wildman–Crippen MR) is 41.2 cm³/mol. The molecule has 1 unspecified atom stereocenters. The summed E-state index contributed by atoms with van der Waals surface area (Å²) in [5, 5.41) is 3.13. The minimum Gasteiger partial charge on any atom is -0.316 e. The van der Waals surface area contributed by atoms with Gasteiger partial charge in [0.25, 0.3) is 0 Å². The Morgan fingerprint density at radius 3 is 3.09 bits per heavy atom. The molecule has 11 heavy (non-hydrogen) atoms. The van der Waals surface area contributed by atoms with Gasteiger partial charge in [0, 0.05) is 25.4 Å². The molecule has 64 valence electrons. The zero-order valence-corrected chi connectivity index (χ0v) is 6.61. The lowest BCUT2D eigenvalue weighted by atomic mass is 9.94. The highest BCUT2D eigenvalue weighted by Crippen LogP contribution is 2.12. The summed E-state index contributed by atoms with van der Waals surface area (Å²) in [6, 6.07) is 0. The van der Waals surface area contributed by atoms with Gasteiger partial charge in [-0.3, -0.25) is 9.18 Å². The van der Waals surface area contributed by atoms with Gasteiger partial charge < -0.3 is 5.32 Å². The second kappa shape index (κ2) is 4.44. The van der Waals surface area contributed by atoms with E-state index in [0.717, 1.165) is 13.1 Å². The Balaban J connectivity index is 2.24. The fourth-order valence-electron chi connectivity index (χ4n) is 1.39. The van der Waals surface area contributed by atoms with Gasteiger partial charge in [-0.2, -0.15) is 0 Å². The monoisotopic (exact) mass is 159 g/mol. The zero-order valence-electron chi connectivity index (χ0n) is 6.61. The van der Waals surface area contributed by atoms with E-state index < -0.39 is 0 Å². The summed E-state index contributed by atoms with van der Waals surface area (Å²) in [4.78, 5) is 11.1. The van der Waals surface area contributed by atoms with Crippen molar-refractivity contribution in [3.05, 3.63) is 0 Å². The van der Waals surface area contributed by atoms with Gasteiger partial charge in [0.2, 0.25) is 0 Å². The maximum atomic E-state index is 11.7. The molecule has 0 bridgehead atoms. The van der Waals surface area contributed by atoms with Crippen LogP contribution in [0, 0.1) is 5.92 Å². The van der Waals surface area contributed by atoms with Crippen molar-refractivity contribution in [3.63, 3.8) is 0 Å². The number of hydrogen-bond donors (Lipinski definition) is 1. The third kappa shape index (κ3) is 2.58. The van der Waals surface area contributed by atoms with Gasteiger partial charge in [0.05, 0.1) is 6.67 Å². The van der Waals surface area contributed by atoms with E-state index in [2.05, 4.69) is 5.32 Å². The smallest absolute Gasteiger partial charge is 0.138 e. The van der Waals surface area contributed by atoms with E-state index in [-0.39, 0.29) is 12.6 Å². The topological polar surface area (TPSA) is 29.1 Å². The molecule has 0 spiro atoms. The lowest BCUT2D eigenvalue weighted by Crippen LogP contribution is -2.36. The standard InChI is InChI=1S/C8H14FNO/c9-4-1-2-7-6-10-5-3-8(7)11/h7,10H,1-6H2. The van der Waals surface area contributed by atoms with Crippen molar-refractivity contribution in [2.24, 2.45) is 5.92 Å². The van der Waals surface area contributed by atoms with Crippen LogP contribution in [0.2, 0.25) is 0 Å². The van der Waals surface area contributed by atoms with Gasteiger partial charge in [-0.15, -0.1) is 0 Å². The van der Waals surface area contributed by atoms with E-state index in [0.29, 0.717) is 25.0 Å². The molecule has 0 aliphatic carbocycles. The summed E-state index contributed by atoms with van der Waals surface area (Å²) < 4.78 is 11.7. The number of nitrogens with one attached hydrogen (secondary N) is 1. The molecule has 0 aromatic carbocycles. The van der Waals surface area contributed by atoms with Crippen LogP contribution >= 0.6 is 0 Å². The molecule has 1 fully saturated rings. The third-order valence-electron chi connectivity index (χ3n) is 2.08. The number of hydrogen-bond acceptors (Lipinski definition) is 2. The van der Waals surface area contributed by atoms with Crippen LogP contribution in [-0.4, -0.2) is 25.5 Å². The number of Topliss-reactive ketones (excluding diaryl/α,β-unsaturated/α-hetero) is 1. The van der Waals surface area contributed by atoms with Gasteiger partial charge in [0.1, 0.15) is 5.78 Å².